The normalized spacial score (nSPS) is 12.0. The molecule has 0 aromatic carbocycles. The summed E-state index contributed by atoms with van der Waals surface area (Å²) in [5.41, 5.74) is 0. The predicted molar refractivity (Wildman–Crippen MR) is 280 cm³/mol. The van der Waals surface area contributed by atoms with Crippen LogP contribution >= 0.6 is 0 Å². The van der Waals surface area contributed by atoms with Crippen molar-refractivity contribution in [1.29, 1.82) is 0 Å². The molecular formula is C59H112O6. The second kappa shape index (κ2) is 54.8. The van der Waals surface area contributed by atoms with Crippen molar-refractivity contribution in [2.75, 3.05) is 13.2 Å². The van der Waals surface area contributed by atoms with Crippen molar-refractivity contribution in [3.8, 4) is 0 Å². The molecule has 0 rings (SSSR count). The Hall–Kier alpha value is -1.85. The lowest BCUT2D eigenvalue weighted by molar-refractivity contribution is -0.167. The Bertz CT molecular complexity index is 1010. The van der Waals surface area contributed by atoms with Gasteiger partial charge in [0.05, 0.1) is 0 Å². The molecule has 0 bridgehead atoms. The van der Waals surface area contributed by atoms with E-state index in [0.717, 1.165) is 64.2 Å². The summed E-state index contributed by atoms with van der Waals surface area (Å²) >= 11 is 0. The van der Waals surface area contributed by atoms with E-state index in [1.54, 1.807) is 0 Å². The molecule has 0 heterocycles. The minimum Gasteiger partial charge on any atom is -0.462 e. The smallest absolute Gasteiger partial charge is 0.306 e. The Labute approximate surface area is 405 Å². The lowest BCUT2D eigenvalue weighted by atomic mass is 10.0. The van der Waals surface area contributed by atoms with E-state index < -0.39 is 6.10 Å². The highest BCUT2D eigenvalue weighted by molar-refractivity contribution is 5.71. The van der Waals surface area contributed by atoms with Crippen LogP contribution in [0.4, 0.5) is 0 Å². The Balaban J connectivity index is 4.30. The molecular weight excluding hydrogens is 805 g/mol. The topological polar surface area (TPSA) is 78.9 Å². The van der Waals surface area contributed by atoms with Crippen molar-refractivity contribution >= 4 is 17.9 Å². The molecule has 0 spiro atoms. The van der Waals surface area contributed by atoms with E-state index in [1.807, 2.05) is 0 Å². The quantitative estimate of drug-likeness (QED) is 0.0262. The zero-order chi connectivity index (χ0) is 47.2. The summed E-state index contributed by atoms with van der Waals surface area (Å²) < 4.78 is 16.9. The second-order valence-electron chi connectivity index (χ2n) is 19.9. The van der Waals surface area contributed by atoms with Crippen LogP contribution in [0.1, 0.15) is 329 Å². The van der Waals surface area contributed by atoms with Gasteiger partial charge in [0.1, 0.15) is 13.2 Å². The van der Waals surface area contributed by atoms with Gasteiger partial charge in [-0.3, -0.25) is 14.4 Å². The van der Waals surface area contributed by atoms with Crippen LogP contribution in [0.15, 0.2) is 12.2 Å². The summed E-state index contributed by atoms with van der Waals surface area (Å²) in [6, 6.07) is 0. The lowest BCUT2D eigenvalue weighted by Gasteiger charge is -2.18. The zero-order valence-electron chi connectivity index (χ0n) is 44.0. The average molecular weight is 918 g/mol. The van der Waals surface area contributed by atoms with Gasteiger partial charge in [-0.05, 0) is 44.9 Å². The first kappa shape index (κ1) is 63.1. The van der Waals surface area contributed by atoms with Gasteiger partial charge in [-0.1, -0.05) is 277 Å². The van der Waals surface area contributed by atoms with Crippen LogP contribution < -0.4 is 0 Å². The summed E-state index contributed by atoms with van der Waals surface area (Å²) in [7, 11) is 0. The highest BCUT2D eigenvalue weighted by atomic mass is 16.6. The number of allylic oxidation sites excluding steroid dienone is 2. The fraction of sp³-hybridized carbons (Fsp3) is 0.915. The molecule has 1 atom stereocenters. The third-order valence-electron chi connectivity index (χ3n) is 13.3. The summed E-state index contributed by atoms with van der Waals surface area (Å²) in [5, 5.41) is 0. The van der Waals surface area contributed by atoms with Gasteiger partial charge in [-0.25, -0.2) is 0 Å². The van der Waals surface area contributed by atoms with E-state index in [-0.39, 0.29) is 31.1 Å². The molecule has 0 radical (unpaired) electrons. The largest absolute Gasteiger partial charge is 0.462 e. The Morgan fingerprint density at radius 2 is 0.508 bits per heavy atom. The van der Waals surface area contributed by atoms with E-state index in [0.29, 0.717) is 19.3 Å². The number of carbonyl (C=O) groups is 3. The third-order valence-corrected chi connectivity index (χ3v) is 13.3. The van der Waals surface area contributed by atoms with Crippen molar-refractivity contribution in [2.24, 2.45) is 0 Å². The number of unbranched alkanes of at least 4 members (excludes halogenated alkanes) is 41. The molecule has 0 N–H and O–H groups in total. The number of hydrogen-bond acceptors (Lipinski definition) is 6. The number of esters is 3. The van der Waals surface area contributed by atoms with Crippen LogP contribution in [-0.4, -0.2) is 37.2 Å². The molecule has 0 aliphatic heterocycles. The minimum atomic E-state index is -0.767. The predicted octanol–water partition coefficient (Wildman–Crippen LogP) is 19.3. The summed E-state index contributed by atoms with van der Waals surface area (Å²) in [6.45, 7) is 6.68. The monoisotopic (exact) mass is 917 g/mol. The molecule has 1 unspecified atom stereocenters. The van der Waals surface area contributed by atoms with E-state index in [9.17, 15) is 14.4 Å². The van der Waals surface area contributed by atoms with Crippen LogP contribution in [0.25, 0.3) is 0 Å². The third kappa shape index (κ3) is 53.0. The molecule has 0 aromatic rings. The Morgan fingerprint density at radius 3 is 0.769 bits per heavy atom. The van der Waals surface area contributed by atoms with Gasteiger partial charge in [0.2, 0.25) is 0 Å². The first-order valence-electron chi connectivity index (χ1n) is 29.2. The molecule has 0 saturated heterocycles. The average Bonchev–Trinajstić information content (AvgIpc) is 3.30. The van der Waals surface area contributed by atoms with Gasteiger partial charge >= 0.3 is 17.9 Å². The molecule has 0 saturated carbocycles. The summed E-state index contributed by atoms with van der Waals surface area (Å²) in [6.07, 6.45) is 62.0. The molecule has 0 fully saturated rings. The van der Waals surface area contributed by atoms with Crippen molar-refractivity contribution in [3.05, 3.63) is 12.2 Å². The van der Waals surface area contributed by atoms with Crippen molar-refractivity contribution in [2.45, 2.75) is 335 Å². The summed E-state index contributed by atoms with van der Waals surface area (Å²) in [5.74, 6) is -0.850. The Morgan fingerprint density at radius 1 is 0.292 bits per heavy atom. The molecule has 6 heteroatoms. The Kier molecular flexibility index (Phi) is 53.2. The molecule has 0 aromatic heterocycles. The van der Waals surface area contributed by atoms with Crippen LogP contribution in [-0.2, 0) is 28.6 Å². The maximum atomic E-state index is 12.8. The SMILES string of the molecule is CCCCCCC/C=C\CCCCCCCC(=O)OCC(COC(=O)CCCCCCCCCCCCCCCCCCCC)OC(=O)CCCCCCCCCCCCCCCCC. The van der Waals surface area contributed by atoms with Crippen molar-refractivity contribution in [1.82, 2.24) is 0 Å². The van der Waals surface area contributed by atoms with Crippen LogP contribution in [0.5, 0.6) is 0 Å². The number of rotatable bonds is 54. The van der Waals surface area contributed by atoms with E-state index in [4.69, 9.17) is 14.2 Å². The van der Waals surface area contributed by atoms with Crippen LogP contribution in [0.3, 0.4) is 0 Å². The molecule has 6 nitrogen and oxygen atoms in total. The van der Waals surface area contributed by atoms with Gasteiger partial charge in [0, 0.05) is 19.3 Å². The highest BCUT2D eigenvalue weighted by Gasteiger charge is 2.19. The maximum absolute atomic E-state index is 12.8. The van der Waals surface area contributed by atoms with Gasteiger partial charge in [0.25, 0.3) is 0 Å². The van der Waals surface area contributed by atoms with Gasteiger partial charge in [0.15, 0.2) is 6.10 Å². The second-order valence-corrected chi connectivity index (χ2v) is 19.9. The van der Waals surface area contributed by atoms with E-state index in [2.05, 4.69) is 32.9 Å². The molecule has 0 aliphatic rings. The fourth-order valence-electron chi connectivity index (χ4n) is 8.85. The van der Waals surface area contributed by atoms with E-state index >= 15 is 0 Å². The number of ether oxygens (including phenoxy) is 3. The van der Waals surface area contributed by atoms with E-state index in [1.165, 1.54) is 225 Å². The highest BCUT2D eigenvalue weighted by Crippen LogP contribution is 2.17. The first-order chi connectivity index (χ1) is 32.0. The zero-order valence-corrected chi connectivity index (χ0v) is 44.0. The molecule has 65 heavy (non-hydrogen) atoms. The first-order valence-corrected chi connectivity index (χ1v) is 29.2. The maximum Gasteiger partial charge on any atom is 0.306 e. The fourth-order valence-corrected chi connectivity index (χ4v) is 8.85. The molecule has 384 valence electrons. The molecule has 0 aliphatic carbocycles. The summed E-state index contributed by atoms with van der Waals surface area (Å²) in [4.78, 5) is 38.1. The minimum absolute atomic E-state index is 0.0664. The number of hydrogen-bond donors (Lipinski definition) is 0. The standard InChI is InChI=1S/C59H112O6/c1-4-7-10-13-16-19-22-25-28-29-30-32-34-37-40-43-46-49-52-58(61)64-55-56(54-63-57(60)51-48-45-42-39-36-33-27-24-21-18-15-12-9-6-3)65-59(62)53-50-47-44-41-38-35-31-26-23-20-17-14-11-8-5-2/h24,27,56H,4-23,25-26,28-55H2,1-3H3/b27-24-. The van der Waals surface area contributed by atoms with Crippen molar-refractivity contribution < 1.29 is 28.6 Å². The number of carbonyl (C=O) groups excluding carboxylic acids is 3. The van der Waals surface area contributed by atoms with Gasteiger partial charge in [-0.2, -0.15) is 0 Å². The van der Waals surface area contributed by atoms with Crippen LogP contribution in [0, 0.1) is 0 Å². The van der Waals surface area contributed by atoms with Gasteiger partial charge in [-0.15, -0.1) is 0 Å². The van der Waals surface area contributed by atoms with Crippen molar-refractivity contribution in [3.63, 3.8) is 0 Å². The van der Waals surface area contributed by atoms with Gasteiger partial charge < -0.3 is 14.2 Å². The molecule has 0 amide bonds. The lowest BCUT2D eigenvalue weighted by Crippen LogP contribution is -2.30. The van der Waals surface area contributed by atoms with Crippen LogP contribution in [0.2, 0.25) is 0 Å².